The molecule has 1 rings (SSSR count). The third kappa shape index (κ3) is 4.33. The molecule has 0 aromatic carbocycles. The van der Waals surface area contributed by atoms with Gasteiger partial charge in [-0.15, -0.1) is 0 Å². The van der Waals surface area contributed by atoms with E-state index < -0.39 is 0 Å². The van der Waals surface area contributed by atoms with E-state index in [1.807, 2.05) is 11.8 Å². The first-order chi connectivity index (χ1) is 5.79. The fourth-order valence-electron chi connectivity index (χ4n) is 1.32. The van der Waals surface area contributed by atoms with Crippen molar-refractivity contribution in [3.63, 3.8) is 0 Å². The van der Waals surface area contributed by atoms with Gasteiger partial charge in [-0.25, -0.2) is 0 Å². The van der Waals surface area contributed by atoms with Crippen LogP contribution in [0.5, 0.6) is 0 Å². The summed E-state index contributed by atoms with van der Waals surface area (Å²) in [6.07, 6.45) is 4.33. The number of thioether (sulfide) groups is 1. The van der Waals surface area contributed by atoms with Crippen LogP contribution >= 0.6 is 11.8 Å². The van der Waals surface area contributed by atoms with Crippen LogP contribution in [0.4, 0.5) is 0 Å². The van der Waals surface area contributed by atoms with Gasteiger partial charge < -0.3 is 10.5 Å². The van der Waals surface area contributed by atoms with Gasteiger partial charge >= 0.3 is 0 Å². The van der Waals surface area contributed by atoms with Crippen molar-refractivity contribution in [3.05, 3.63) is 0 Å². The van der Waals surface area contributed by atoms with E-state index in [1.165, 1.54) is 19.3 Å². The minimum atomic E-state index is 0.318. The lowest BCUT2D eigenvalue weighted by Crippen LogP contribution is -2.23. The monoisotopic (exact) mass is 189 g/mol. The fraction of sp³-hybridized carbons (Fsp3) is 1.00. The van der Waals surface area contributed by atoms with Crippen molar-refractivity contribution in [2.24, 2.45) is 5.73 Å². The Bertz CT molecular complexity index is 113. The van der Waals surface area contributed by atoms with Gasteiger partial charge in [-0.05, 0) is 26.2 Å². The molecule has 1 heterocycles. The molecule has 2 atom stereocenters. The fourth-order valence-corrected chi connectivity index (χ4v) is 2.36. The van der Waals surface area contributed by atoms with Crippen LogP contribution in [0, 0.1) is 0 Å². The highest BCUT2D eigenvalue weighted by Crippen LogP contribution is 2.17. The van der Waals surface area contributed by atoms with Gasteiger partial charge in [0.1, 0.15) is 0 Å². The van der Waals surface area contributed by atoms with E-state index in [2.05, 4.69) is 6.92 Å². The highest BCUT2D eigenvalue weighted by Gasteiger charge is 2.13. The quantitative estimate of drug-likeness (QED) is 0.730. The van der Waals surface area contributed by atoms with Crippen LogP contribution in [0.1, 0.15) is 26.2 Å². The summed E-state index contributed by atoms with van der Waals surface area (Å²) in [6, 6.07) is 0.318. The molecule has 2 N–H and O–H groups in total. The summed E-state index contributed by atoms with van der Waals surface area (Å²) in [5.74, 6) is 2.18. The van der Waals surface area contributed by atoms with E-state index in [1.54, 1.807) is 0 Å². The van der Waals surface area contributed by atoms with E-state index >= 15 is 0 Å². The molecule has 0 amide bonds. The lowest BCUT2D eigenvalue weighted by Gasteiger charge is -2.22. The van der Waals surface area contributed by atoms with Crippen LogP contribution in [-0.2, 0) is 4.74 Å². The standard InChI is InChI=1S/C9H19NOS/c1-8(10)6-12-7-9-4-2-3-5-11-9/h8-9H,2-7,10H2,1H3. The Kier molecular flexibility index (Phi) is 5.04. The molecule has 1 fully saturated rings. The molecule has 72 valence electrons. The first-order valence-corrected chi connectivity index (χ1v) is 5.89. The second kappa shape index (κ2) is 5.84. The van der Waals surface area contributed by atoms with Crippen molar-refractivity contribution in [1.82, 2.24) is 0 Å². The maximum Gasteiger partial charge on any atom is 0.0665 e. The van der Waals surface area contributed by atoms with Crippen molar-refractivity contribution in [3.8, 4) is 0 Å². The van der Waals surface area contributed by atoms with Crippen molar-refractivity contribution >= 4 is 11.8 Å². The molecule has 0 radical (unpaired) electrons. The van der Waals surface area contributed by atoms with Gasteiger partial charge in [0.05, 0.1) is 6.10 Å². The van der Waals surface area contributed by atoms with E-state index in [4.69, 9.17) is 10.5 Å². The molecule has 1 saturated heterocycles. The Morgan fingerprint density at radius 1 is 1.58 bits per heavy atom. The second-order valence-electron chi connectivity index (χ2n) is 3.50. The summed E-state index contributed by atoms with van der Waals surface area (Å²) >= 11 is 1.92. The van der Waals surface area contributed by atoms with Crippen LogP contribution in [-0.4, -0.2) is 30.3 Å². The van der Waals surface area contributed by atoms with Crippen molar-refractivity contribution in [2.75, 3.05) is 18.1 Å². The lowest BCUT2D eigenvalue weighted by molar-refractivity contribution is 0.0315. The van der Waals surface area contributed by atoms with Crippen molar-refractivity contribution in [2.45, 2.75) is 38.3 Å². The molecule has 3 heteroatoms. The Hall–Kier alpha value is 0.270. The SMILES string of the molecule is CC(N)CSCC1CCCCO1. The summed E-state index contributed by atoms with van der Waals surface area (Å²) in [6.45, 7) is 3.01. The van der Waals surface area contributed by atoms with Gasteiger partial charge in [0, 0.05) is 24.2 Å². The molecule has 0 saturated carbocycles. The van der Waals surface area contributed by atoms with Gasteiger partial charge in [0.2, 0.25) is 0 Å². The van der Waals surface area contributed by atoms with Crippen LogP contribution in [0.3, 0.4) is 0 Å². The number of ether oxygens (including phenoxy) is 1. The molecule has 12 heavy (non-hydrogen) atoms. The number of hydrogen-bond acceptors (Lipinski definition) is 3. The molecule has 2 unspecified atom stereocenters. The predicted molar refractivity (Wildman–Crippen MR) is 54.6 cm³/mol. The Labute approximate surface area is 79.2 Å². The average molecular weight is 189 g/mol. The highest BCUT2D eigenvalue weighted by molar-refractivity contribution is 7.99. The topological polar surface area (TPSA) is 35.2 Å². The van der Waals surface area contributed by atoms with Crippen LogP contribution in [0.2, 0.25) is 0 Å². The largest absolute Gasteiger partial charge is 0.377 e. The first-order valence-electron chi connectivity index (χ1n) is 4.74. The highest BCUT2D eigenvalue weighted by atomic mass is 32.2. The van der Waals surface area contributed by atoms with Crippen molar-refractivity contribution in [1.29, 1.82) is 0 Å². The van der Waals surface area contributed by atoms with Crippen LogP contribution in [0.15, 0.2) is 0 Å². The number of nitrogens with two attached hydrogens (primary N) is 1. The van der Waals surface area contributed by atoms with Gasteiger partial charge in [0.25, 0.3) is 0 Å². The van der Waals surface area contributed by atoms with Gasteiger partial charge in [-0.1, -0.05) is 0 Å². The zero-order valence-corrected chi connectivity index (χ0v) is 8.61. The summed E-state index contributed by atoms with van der Waals surface area (Å²) in [5.41, 5.74) is 5.65. The smallest absolute Gasteiger partial charge is 0.0665 e. The minimum absolute atomic E-state index is 0.318. The lowest BCUT2D eigenvalue weighted by atomic mass is 10.1. The molecule has 1 aliphatic heterocycles. The van der Waals surface area contributed by atoms with Gasteiger partial charge in [0.15, 0.2) is 0 Å². The molecule has 0 aromatic rings. The van der Waals surface area contributed by atoms with Gasteiger partial charge in [-0.2, -0.15) is 11.8 Å². The molecule has 2 nitrogen and oxygen atoms in total. The number of hydrogen-bond donors (Lipinski definition) is 1. The normalized spacial score (nSPS) is 27.0. The zero-order valence-electron chi connectivity index (χ0n) is 7.79. The Morgan fingerprint density at radius 2 is 2.42 bits per heavy atom. The molecular formula is C9H19NOS. The van der Waals surface area contributed by atoms with Crippen molar-refractivity contribution < 1.29 is 4.74 Å². The minimum Gasteiger partial charge on any atom is -0.377 e. The number of rotatable bonds is 4. The maximum atomic E-state index is 5.65. The summed E-state index contributed by atoms with van der Waals surface area (Å²) < 4.78 is 5.60. The second-order valence-corrected chi connectivity index (χ2v) is 4.58. The molecule has 0 aromatic heterocycles. The van der Waals surface area contributed by atoms with Gasteiger partial charge in [-0.3, -0.25) is 0 Å². The Balaban J connectivity index is 1.98. The van der Waals surface area contributed by atoms with E-state index in [0.29, 0.717) is 12.1 Å². The summed E-state index contributed by atoms with van der Waals surface area (Å²) in [7, 11) is 0. The molecule has 0 spiro atoms. The van der Waals surface area contributed by atoms with E-state index in [-0.39, 0.29) is 0 Å². The third-order valence-corrected chi connectivity index (χ3v) is 3.33. The molecule has 1 aliphatic rings. The zero-order chi connectivity index (χ0) is 8.81. The Morgan fingerprint density at radius 3 is 3.00 bits per heavy atom. The molecule has 0 aliphatic carbocycles. The van der Waals surface area contributed by atoms with Crippen LogP contribution < -0.4 is 5.73 Å². The third-order valence-electron chi connectivity index (χ3n) is 1.96. The average Bonchev–Trinajstić information content (AvgIpc) is 2.05. The van der Waals surface area contributed by atoms with Crippen LogP contribution in [0.25, 0.3) is 0 Å². The first kappa shape index (κ1) is 10.4. The van der Waals surface area contributed by atoms with E-state index in [9.17, 15) is 0 Å². The molecule has 0 bridgehead atoms. The predicted octanol–water partition coefficient (Wildman–Crippen LogP) is 1.64. The summed E-state index contributed by atoms with van der Waals surface area (Å²) in [5, 5.41) is 0. The molecular weight excluding hydrogens is 170 g/mol. The van der Waals surface area contributed by atoms with E-state index in [0.717, 1.165) is 18.1 Å². The summed E-state index contributed by atoms with van der Waals surface area (Å²) in [4.78, 5) is 0. The maximum absolute atomic E-state index is 5.65.